The van der Waals surface area contributed by atoms with Crippen LogP contribution in [0.15, 0.2) is 109 Å². The van der Waals surface area contributed by atoms with Crippen molar-refractivity contribution < 1.29 is 262 Å². The summed E-state index contributed by atoms with van der Waals surface area (Å²) < 4.78 is 0. The summed E-state index contributed by atoms with van der Waals surface area (Å²) >= 11 is 0. The molecular formula is C68H106BY8-8. The molecule has 0 nitrogen and oxygen atoms in total. The van der Waals surface area contributed by atoms with Crippen molar-refractivity contribution in [2.45, 2.75) is 140 Å². The van der Waals surface area contributed by atoms with Crippen LogP contribution >= 0.6 is 0 Å². The van der Waals surface area contributed by atoms with Crippen molar-refractivity contribution in [1.29, 1.82) is 0 Å². The van der Waals surface area contributed by atoms with E-state index in [1.54, 1.807) is 0 Å². The molecule has 7 aromatic rings. The van der Waals surface area contributed by atoms with Crippen LogP contribution in [0.3, 0.4) is 0 Å². The standard InChI is InChI=1S/C16H18B.C16H18.C14H16.C10H14.4CH4.8CH3.8Y/c1-11-5-7-15(9-13(11)3)17-16-8-6-12(2)14(4)10-16;1-11-5-7-15(9-13(11)3)16-8-6-12(2)14(4)10-16;1-9-5-13-7-11(3)12(4)8-14(13)6-10(9)2;1-7-5-9(3)10(4)6-8(7)2;;;;;;;;;;;;;;;;;;;;/h5-10H,1-4H3;5-10H,1-4H3;5-8H,1-4H3;5-6H,1-4H3;4*1H4;8*1H3;;;;;;;;/q;;;;;;;;8*-1;;;;;;;;. The normalized spacial score (nSPS) is 7.74. The Morgan fingerprint density at radius 2 is 0.364 bits per heavy atom. The number of hydrogen-bond donors (Lipinski definition) is 0. The monoisotopic (exact) mass is 1650 g/mol. The summed E-state index contributed by atoms with van der Waals surface area (Å²) in [6, 6.07) is 40.1. The molecule has 7 rings (SSSR count). The zero-order valence-electron chi connectivity index (χ0n) is 50.6. The van der Waals surface area contributed by atoms with Crippen molar-refractivity contribution in [3.8, 4) is 11.1 Å². The van der Waals surface area contributed by atoms with Crippen molar-refractivity contribution in [2.24, 2.45) is 0 Å². The van der Waals surface area contributed by atoms with Gasteiger partial charge >= 0.3 is 0 Å². The van der Waals surface area contributed by atoms with Crippen LogP contribution in [0, 0.1) is 170 Å². The van der Waals surface area contributed by atoms with E-state index in [4.69, 9.17) is 0 Å². The van der Waals surface area contributed by atoms with E-state index in [9.17, 15) is 0 Å². The maximum atomic E-state index is 2.27. The Hall–Kier alpha value is 3.70. The molecule has 9 radical (unpaired) electrons. The summed E-state index contributed by atoms with van der Waals surface area (Å²) in [4.78, 5) is 0. The fraction of sp³-hybridized carbons (Fsp3) is 0.294. The Kier molecular flexibility index (Phi) is 103. The number of fused-ring (bicyclic) bond motifs is 1. The Morgan fingerprint density at radius 3 is 0.558 bits per heavy atom. The average Bonchev–Trinajstić information content (AvgIpc) is 3.15. The van der Waals surface area contributed by atoms with Gasteiger partial charge in [0.2, 0.25) is 0 Å². The van der Waals surface area contributed by atoms with Crippen molar-refractivity contribution in [3.63, 3.8) is 0 Å². The number of benzene rings is 7. The van der Waals surface area contributed by atoms with Crippen LogP contribution < -0.4 is 10.9 Å². The predicted molar refractivity (Wildman–Crippen MR) is 334 cm³/mol. The van der Waals surface area contributed by atoms with Crippen LogP contribution in [0.1, 0.15) is 119 Å². The minimum absolute atomic E-state index is 0. The van der Waals surface area contributed by atoms with Gasteiger partial charge in [0.05, 0.1) is 0 Å². The molecule has 0 bridgehead atoms. The van der Waals surface area contributed by atoms with Gasteiger partial charge < -0.3 is 59.4 Å². The van der Waals surface area contributed by atoms with Crippen LogP contribution in [0.4, 0.5) is 0 Å². The smallest absolute Gasteiger partial charge is 0.191 e. The molecule has 0 aliphatic rings. The molecule has 0 spiro atoms. The van der Waals surface area contributed by atoms with Gasteiger partial charge in [-0.1, -0.05) is 150 Å². The topological polar surface area (TPSA) is 0 Å². The summed E-state index contributed by atoms with van der Waals surface area (Å²) in [5.41, 5.74) is 27.1. The molecule has 0 heterocycles. The molecule has 0 saturated heterocycles. The van der Waals surface area contributed by atoms with Gasteiger partial charge in [0, 0.05) is 262 Å². The Labute approximate surface area is 687 Å². The van der Waals surface area contributed by atoms with Crippen LogP contribution in [0.25, 0.3) is 21.9 Å². The molecule has 0 aromatic heterocycles. The van der Waals surface area contributed by atoms with Gasteiger partial charge in [0.25, 0.3) is 0 Å². The van der Waals surface area contributed by atoms with Gasteiger partial charge in [-0.2, -0.15) is 0 Å². The van der Waals surface area contributed by atoms with Gasteiger partial charge in [-0.15, -0.1) is 0 Å². The molecule has 0 saturated carbocycles. The summed E-state index contributed by atoms with van der Waals surface area (Å²) in [6.45, 7) is 34.6. The van der Waals surface area contributed by atoms with Gasteiger partial charge in [-0.25, -0.2) is 0 Å². The van der Waals surface area contributed by atoms with E-state index in [1.807, 2.05) is 0 Å². The van der Waals surface area contributed by atoms with Gasteiger partial charge in [0.1, 0.15) is 0 Å². The number of aryl methyl sites for hydroxylation is 16. The first-order valence-corrected chi connectivity index (χ1v) is 20.5. The summed E-state index contributed by atoms with van der Waals surface area (Å²) in [5, 5.41) is 2.72. The first-order valence-electron chi connectivity index (χ1n) is 20.5. The van der Waals surface area contributed by atoms with E-state index >= 15 is 0 Å². The summed E-state index contributed by atoms with van der Waals surface area (Å²) in [5.74, 6) is 0. The van der Waals surface area contributed by atoms with Crippen molar-refractivity contribution in [3.05, 3.63) is 258 Å². The fourth-order valence-electron chi connectivity index (χ4n) is 6.65. The van der Waals surface area contributed by atoms with E-state index in [0.29, 0.717) is 0 Å². The summed E-state index contributed by atoms with van der Waals surface area (Å²) in [7, 11) is 2.24. The molecular weight excluding hydrogens is 1540 g/mol. The molecule has 77 heavy (non-hydrogen) atoms. The van der Waals surface area contributed by atoms with E-state index in [2.05, 4.69) is 227 Å². The third-order valence-corrected chi connectivity index (χ3v) is 11.9. The molecule has 0 aliphatic heterocycles. The Morgan fingerprint density at radius 1 is 0.195 bits per heavy atom. The molecule has 9 heteroatoms. The Bertz CT molecular complexity index is 2290. The maximum Gasteiger partial charge on any atom is 0.191 e. The second-order valence-corrected chi connectivity index (χ2v) is 16.7. The van der Waals surface area contributed by atoms with Crippen LogP contribution in [-0.4, -0.2) is 7.28 Å². The predicted octanol–water partition coefficient (Wildman–Crippen LogP) is 20.3. The van der Waals surface area contributed by atoms with Crippen LogP contribution in [0.2, 0.25) is 0 Å². The zero-order valence-corrected chi connectivity index (χ0v) is 73.3. The molecule has 0 atom stereocenters. The largest absolute Gasteiger partial charge is 0.358 e. The Balaban J connectivity index is -0.0000000386. The SMILES string of the molecule is C.C.C.C.Cc1cc(C)c(C)cc1C.Cc1cc2cc(C)c(C)cc2cc1C.Cc1ccc(-c2ccc(C)c(C)c2)cc1C.Cc1ccc([B]c2ccc(C)c(C)c2)cc1C.[CH3-].[CH3-].[CH3-].[CH3-].[CH3-].[CH3-].[CH3-].[CH3-].[Y].[Y].[Y].[Y].[Y].[Y].[Y].[Y]. The number of hydrogen-bond acceptors (Lipinski definition) is 0. The quantitative estimate of drug-likeness (QED) is 0.122. The first kappa shape index (κ1) is 126. The molecule has 0 fully saturated rings. The molecule has 413 valence electrons. The molecule has 0 aliphatic carbocycles. The van der Waals surface area contributed by atoms with E-state index in [1.165, 1.54) is 122 Å². The van der Waals surface area contributed by atoms with Crippen molar-refractivity contribution >= 4 is 29.0 Å². The average molecular weight is 1650 g/mol. The van der Waals surface area contributed by atoms with E-state index in [0.717, 1.165) is 0 Å². The van der Waals surface area contributed by atoms with Crippen LogP contribution in [0.5, 0.6) is 0 Å². The van der Waals surface area contributed by atoms with Crippen molar-refractivity contribution in [1.82, 2.24) is 0 Å². The fourth-order valence-corrected chi connectivity index (χ4v) is 6.65. The van der Waals surface area contributed by atoms with Crippen molar-refractivity contribution in [2.75, 3.05) is 0 Å². The third kappa shape index (κ3) is 41.5. The first-order chi connectivity index (χ1) is 26.8. The van der Waals surface area contributed by atoms with E-state index in [-0.39, 0.29) is 351 Å². The minimum atomic E-state index is 0. The second-order valence-electron chi connectivity index (χ2n) is 16.7. The molecule has 0 N–H and O–H groups in total. The molecule has 0 amide bonds. The second kappa shape index (κ2) is 62.7. The zero-order chi connectivity index (χ0) is 42.1. The van der Waals surface area contributed by atoms with Gasteiger partial charge in [-0.3, -0.25) is 0 Å². The van der Waals surface area contributed by atoms with Gasteiger partial charge in [0.15, 0.2) is 7.28 Å². The van der Waals surface area contributed by atoms with E-state index < -0.39 is 0 Å². The minimum Gasteiger partial charge on any atom is -0.358 e. The van der Waals surface area contributed by atoms with Gasteiger partial charge in [-0.05, 0) is 222 Å². The van der Waals surface area contributed by atoms with Crippen LogP contribution in [-0.2, 0) is 262 Å². The molecule has 7 aromatic carbocycles. The summed E-state index contributed by atoms with van der Waals surface area (Å²) in [6.07, 6.45) is 0. The molecule has 0 unspecified atom stereocenters. The third-order valence-electron chi connectivity index (χ3n) is 11.9. The maximum absolute atomic E-state index is 2.27. The number of rotatable bonds is 3.